The summed E-state index contributed by atoms with van der Waals surface area (Å²) < 4.78 is 1.10. The third-order valence-corrected chi connectivity index (χ3v) is 3.74. The first-order valence-corrected chi connectivity index (χ1v) is 6.71. The van der Waals surface area contributed by atoms with Crippen molar-refractivity contribution in [3.63, 3.8) is 0 Å². The molecule has 0 saturated carbocycles. The molecule has 1 aliphatic rings. The fourth-order valence-corrected chi connectivity index (χ4v) is 2.29. The Morgan fingerprint density at radius 1 is 1.37 bits per heavy atom. The number of benzene rings is 1. The van der Waals surface area contributed by atoms with Crippen LogP contribution in [0.2, 0.25) is 0 Å². The van der Waals surface area contributed by atoms with E-state index in [4.69, 9.17) is 5.26 Å². The van der Waals surface area contributed by atoms with Crippen LogP contribution in [0.4, 0.5) is 0 Å². The van der Waals surface area contributed by atoms with Crippen LogP contribution in [0, 0.1) is 17.4 Å². The van der Waals surface area contributed by atoms with Crippen LogP contribution in [-0.2, 0) is 32.7 Å². The molecule has 0 spiro atoms. The summed E-state index contributed by atoms with van der Waals surface area (Å²) in [6, 6.07) is 9.67. The second-order valence-corrected chi connectivity index (χ2v) is 5.03. The molecule has 1 aromatic carbocycles. The van der Waals surface area contributed by atoms with Crippen molar-refractivity contribution in [2.45, 2.75) is 6.92 Å². The molecule has 0 unspecified atom stereocenters. The van der Waals surface area contributed by atoms with E-state index in [-0.39, 0.29) is 32.7 Å². The van der Waals surface area contributed by atoms with E-state index >= 15 is 0 Å². The van der Waals surface area contributed by atoms with Gasteiger partial charge in [0, 0.05) is 44.8 Å². The third kappa shape index (κ3) is 3.56. The van der Waals surface area contributed by atoms with Gasteiger partial charge in [-0.05, 0) is 12.6 Å². The van der Waals surface area contributed by atoms with Crippen LogP contribution in [0.25, 0.3) is 5.70 Å². The fourth-order valence-electron chi connectivity index (χ4n) is 1.85. The van der Waals surface area contributed by atoms with Crippen LogP contribution < -0.4 is 0 Å². The van der Waals surface area contributed by atoms with E-state index in [2.05, 4.69) is 53.1 Å². The first kappa shape index (κ1) is 16.6. The van der Waals surface area contributed by atoms with E-state index in [1.54, 1.807) is 0 Å². The van der Waals surface area contributed by atoms with Crippen LogP contribution >= 0.6 is 22.6 Å². The molecule has 0 atom stereocenters. The predicted octanol–water partition coefficient (Wildman–Crippen LogP) is 3.87. The summed E-state index contributed by atoms with van der Waals surface area (Å²) in [5.41, 5.74) is 3.72. The maximum absolute atomic E-state index is 8.81. The van der Waals surface area contributed by atoms with Gasteiger partial charge in [-0.2, -0.15) is 17.4 Å². The largest absolute Gasteiger partial charge is 0.375 e. The van der Waals surface area contributed by atoms with Gasteiger partial charge in [-0.3, -0.25) is 0 Å². The second-order valence-electron chi connectivity index (χ2n) is 3.87. The Kier molecular flexibility index (Phi) is 6.45. The predicted molar refractivity (Wildman–Crippen MR) is 81.4 cm³/mol. The Bertz CT molecular complexity index is 579. The fraction of sp³-hybridized carbons (Fsp3) is 0.133. The number of rotatable bonds is 2. The minimum Gasteiger partial charge on any atom is -0.375 e. The van der Waals surface area contributed by atoms with Gasteiger partial charge in [-0.15, -0.1) is 34.7 Å². The molecular weight excluding hydrogens is 424 g/mol. The minimum atomic E-state index is 0. The van der Waals surface area contributed by atoms with Crippen LogP contribution in [-0.4, -0.2) is 11.4 Å². The molecule has 0 saturated heterocycles. The molecule has 0 fully saturated rings. The zero-order valence-electron chi connectivity index (χ0n) is 10.7. The van der Waals surface area contributed by atoms with Crippen molar-refractivity contribution in [2.24, 2.45) is 0 Å². The van der Waals surface area contributed by atoms with Gasteiger partial charge in [-0.1, -0.05) is 33.6 Å². The molecule has 0 bridgehead atoms. The van der Waals surface area contributed by atoms with Crippen molar-refractivity contribution < 1.29 is 32.7 Å². The molecule has 0 amide bonds. The van der Waals surface area contributed by atoms with Gasteiger partial charge in [-0.25, -0.2) is 0 Å². The quantitative estimate of drug-likeness (QED) is 0.520. The van der Waals surface area contributed by atoms with Gasteiger partial charge in [0.1, 0.15) is 0 Å². The van der Waals surface area contributed by atoms with E-state index in [9.17, 15) is 0 Å². The van der Waals surface area contributed by atoms with E-state index in [0.29, 0.717) is 5.56 Å². The first-order valence-electron chi connectivity index (χ1n) is 5.64. The smallest absolute Gasteiger partial charge is 0.0990 e. The van der Waals surface area contributed by atoms with E-state index in [1.165, 1.54) is 0 Å². The Morgan fingerprint density at radius 3 is 2.53 bits per heavy atom. The van der Waals surface area contributed by atoms with Crippen LogP contribution in [0.1, 0.15) is 18.1 Å². The van der Waals surface area contributed by atoms with E-state index < -0.39 is 0 Å². The van der Waals surface area contributed by atoms with Crippen LogP contribution in [0.5, 0.6) is 0 Å². The first-order chi connectivity index (χ1) is 8.67. The van der Waals surface area contributed by atoms with Crippen molar-refractivity contribution in [1.29, 1.82) is 5.26 Å². The number of hydrogen-bond acceptors (Lipinski definition) is 2. The van der Waals surface area contributed by atoms with Crippen LogP contribution in [0.15, 0.2) is 46.2 Å². The average molecular weight is 436 g/mol. The number of halogens is 1. The summed E-state index contributed by atoms with van der Waals surface area (Å²) in [5.74, 6) is 0. The maximum atomic E-state index is 8.81. The van der Waals surface area contributed by atoms with Crippen molar-refractivity contribution in [3.8, 4) is 6.07 Å². The molecule has 1 aromatic rings. The molecule has 1 aliphatic heterocycles. The molecule has 2 rings (SSSR count). The number of allylic oxidation sites excluding steroid dienone is 3. The van der Waals surface area contributed by atoms with Gasteiger partial charge in [0.05, 0.1) is 6.07 Å². The number of hydrogen-bond donors (Lipinski definition) is 0. The van der Waals surface area contributed by atoms with Crippen molar-refractivity contribution >= 4 is 28.3 Å². The van der Waals surface area contributed by atoms with Gasteiger partial charge in [0.2, 0.25) is 0 Å². The Labute approximate surface area is 152 Å². The summed E-state index contributed by atoms with van der Waals surface area (Å²) in [6.45, 7) is 7.03. The molecule has 93 valence electrons. The molecular formula is C15H12IN2Y-. The standard InChI is InChI=1S/C15H12IN2.Y/c1-3-18-11(2)14(16)8-9-15(18)13-6-4-12(10-17)5-7-13;/h4-8H,2-3H2,1H3;/q-1;. The van der Waals surface area contributed by atoms with E-state index in [0.717, 1.165) is 27.1 Å². The minimum absolute atomic E-state index is 0. The van der Waals surface area contributed by atoms with Gasteiger partial charge in [0.25, 0.3) is 0 Å². The summed E-state index contributed by atoms with van der Waals surface area (Å²) in [4.78, 5) is 2.13. The van der Waals surface area contributed by atoms with Crippen molar-refractivity contribution in [1.82, 2.24) is 4.90 Å². The SMILES string of the molecule is C=C1C(I)=C[C-]=C(c2ccc(C#N)cc2)N1CC.[Y]. The topological polar surface area (TPSA) is 27.0 Å². The van der Waals surface area contributed by atoms with Gasteiger partial charge < -0.3 is 4.90 Å². The van der Waals surface area contributed by atoms with Gasteiger partial charge >= 0.3 is 0 Å². The van der Waals surface area contributed by atoms with Crippen molar-refractivity contribution in [3.05, 3.63) is 63.4 Å². The molecule has 0 aromatic heterocycles. The number of nitrogens with zero attached hydrogens (tertiary/aromatic N) is 2. The maximum Gasteiger partial charge on any atom is 0.0990 e. The summed E-state index contributed by atoms with van der Waals surface area (Å²) >= 11 is 2.26. The summed E-state index contributed by atoms with van der Waals surface area (Å²) in [5, 5.41) is 8.81. The zero-order chi connectivity index (χ0) is 13.1. The molecule has 19 heavy (non-hydrogen) atoms. The molecule has 4 heteroatoms. The van der Waals surface area contributed by atoms with Gasteiger partial charge in [0.15, 0.2) is 0 Å². The average Bonchev–Trinajstić information content (AvgIpc) is 2.42. The third-order valence-electron chi connectivity index (χ3n) is 2.81. The molecule has 0 aliphatic carbocycles. The number of likely N-dealkylation sites (N-methyl/N-ethyl adjacent to an activating group) is 1. The van der Waals surface area contributed by atoms with E-state index in [1.807, 2.05) is 30.3 Å². The number of nitriles is 1. The Morgan fingerprint density at radius 2 is 2.00 bits per heavy atom. The monoisotopic (exact) mass is 436 g/mol. The van der Waals surface area contributed by atoms with Crippen LogP contribution in [0.3, 0.4) is 0 Å². The second kappa shape index (κ2) is 7.37. The summed E-state index contributed by atoms with van der Waals surface area (Å²) in [7, 11) is 0. The Balaban J connectivity index is 0.00000180. The molecule has 0 N–H and O–H groups in total. The summed E-state index contributed by atoms with van der Waals surface area (Å²) in [6.07, 6.45) is 5.23. The molecule has 2 nitrogen and oxygen atoms in total. The molecule has 1 radical (unpaired) electrons. The molecule has 1 heterocycles. The zero-order valence-corrected chi connectivity index (χ0v) is 15.6. The Hall–Kier alpha value is -0.436. The normalized spacial score (nSPS) is 14.2. The van der Waals surface area contributed by atoms with Crippen molar-refractivity contribution in [2.75, 3.05) is 6.54 Å².